The summed E-state index contributed by atoms with van der Waals surface area (Å²) >= 11 is 10.8. The Balaban J connectivity index is 2.70. The van der Waals surface area contributed by atoms with E-state index in [9.17, 15) is 0 Å². The van der Waals surface area contributed by atoms with Gasteiger partial charge in [-0.15, -0.1) is 10.3 Å². The molecule has 1 heterocycles. The van der Waals surface area contributed by atoms with Crippen molar-refractivity contribution < 1.29 is 0 Å². The van der Waals surface area contributed by atoms with Crippen molar-refractivity contribution in [3.05, 3.63) is 12.3 Å². The number of hydrogen-bond acceptors (Lipinski definition) is 4. The monoisotopic (exact) mass is 166 g/mol. The Kier molecular flexibility index (Phi) is 1.80. The molecule has 4 nitrogen and oxygen atoms in total. The molecule has 0 saturated carbocycles. The Bertz CT molecular complexity index is 165. The summed E-state index contributed by atoms with van der Waals surface area (Å²) in [6, 6.07) is 0. The number of nitrogens with zero attached hydrogens (tertiary/aromatic N) is 3. The zero-order chi connectivity index (χ0) is 6.85. The van der Waals surface area contributed by atoms with Crippen molar-refractivity contribution in [1.29, 1.82) is 0 Å². The lowest BCUT2D eigenvalue weighted by Crippen LogP contribution is -2.36. The van der Waals surface area contributed by atoms with Gasteiger partial charge < -0.3 is 0 Å². The molecule has 0 aromatic carbocycles. The zero-order valence-electron chi connectivity index (χ0n) is 4.33. The van der Waals surface area contributed by atoms with Crippen LogP contribution in [0.3, 0.4) is 0 Å². The second-order valence-corrected chi connectivity index (χ2v) is 2.08. The highest BCUT2D eigenvalue weighted by Gasteiger charge is 2.06. The molecule has 0 bridgehead atoms. The molecular weight excluding hydrogens is 163 g/mol. The van der Waals surface area contributed by atoms with Gasteiger partial charge in [-0.2, -0.15) is 4.53 Å². The van der Waals surface area contributed by atoms with Crippen LogP contribution in [0.15, 0.2) is 17.4 Å². The van der Waals surface area contributed by atoms with Crippen LogP contribution in [0.2, 0.25) is 0 Å². The molecule has 0 radical (unpaired) electrons. The normalized spacial score (nSPS) is 18.3. The van der Waals surface area contributed by atoms with Gasteiger partial charge >= 0.3 is 0 Å². The standard InChI is InChI=1S/C3H4Cl2N4/c4-3-1-2-8(5)9(6)7-3/h1-2H,6H2. The predicted molar refractivity (Wildman–Crippen MR) is 36.1 cm³/mol. The van der Waals surface area contributed by atoms with E-state index in [0.717, 1.165) is 9.75 Å². The molecule has 9 heavy (non-hydrogen) atoms. The molecule has 1 rings (SSSR count). The molecule has 50 valence electrons. The highest BCUT2D eigenvalue weighted by Crippen LogP contribution is 2.06. The van der Waals surface area contributed by atoms with Crippen LogP contribution in [0, 0.1) is 0 Å². The van der Waals surface area contributed by atoms with E-state index < -0.39 is 0 Å². The van der Waals surface area contributed by atoms with Crippen LogP contribution in [0.4, 0.5) is 0 Å². The van der Waals surface area contributed by atoms with Crippen LogP contribution in [-0.2, 0) is 0 Å². The van der Waals surface area contributed by atoms with Crippen LogP contribution >= 0.6 is 23.4 Å². The summed E-state index contributed by atoms with van der Waals surface area (Å²) in [5, 5.41) is 4.78. The predicted octanol–water partition coefficient (Wildman–Crippen LogP) is 0.613. The fourth-order valence-corrected chi connectivity index (χ4v) is 0.589. The second-order valence-electron chi connectivity index (χ2n) is 1.35. The number of allylic oxidation sites excluding steroid dienone is 1. The van der Waals surface area contributed by atoms with Crippen molar-refractivity contribution in [2.45, 2.75) is 0 Å². The van der Waals surface area contributed by atoms with Crippen molar-refractivity contribution >= 4 is 28.5 Å². The lowest BCUT2D eigenvalue weighted by molar-refractivity contribution is 0.112. The molecule has 2 N–H and O–H groups in total. The topological polar surface area (TPSA) is 44.9 Å². The molecule has 0 spiro atoms. The van der Waals surface area contributed by atoms with Gasteiger partial charge in [0.15, 0.2) is 5.17 Å². The summed E-state index contributed by atoms with van der Waals surface area (Å²) in [5.41, 5.74) is 0. The SMILES string of the molecule is NN1N=C(Cl)C=CN1Cl. The summed E-state index contributed by atoms with van der Waals surface area (Å²) in [6.07, 6.45) is 3.01. The molecule has 6 heteroatoms. The maximum absolute atomic E-state index is 5.43. The van der Waals surface area contributed by atoms with Gasteiger partial charge in [-0.3, -0.25) is 0 Å². The maximum Gasteiger partial charge on any atom is 0.154 e. The average Bonchev–Trinajstić information content (AvgIpc) is 1.80. The largest absolute Gasteiger partial charge is 0.209 e. The number of rotatable bonds is 0. The summed E-state index contributed by atoms with van der Waals surface area (Å²) in [4.78, 5) is 0. The van der Waals surface area contributed by atoms with E-state index in [0.29, 0.717) is 5.17 Å². The van der Waals surface area contributed by atoms with Gasteiger partial charge in [-0.1, -0.05) is 11.6 Å². The van der Waals surface area contributed by atoms with Crippen LogP contribution in [0.5, 0.6) is 0 Å². The van der Waals surface area contributed by atoms with Gasteiger partial charge in [0, 0.05) is 18.0 Å². The van der Waals surface area contributed by atoms with E-state index in [2.05, 4.69) is 5.10 Å². The number of hydrazine groups is 2. The Morgan fingerprint density at radius 3 is 2.78 bits per heavy atom. The number of halogens is 2. The van der Waals surface area contributed by atoms with E-state index in [1.54, 1.807) is 0 Å². The molecule has 1 aliphatic rings. The first kappa shape index (κ1) is 6.67. The fraction of sp³-hybridized carbons (Fsp3) is 0. The zero-order valence-corrected chi connectivity index (χ0v) is 5.84. The van der Waals surface area contributed by atoms with E-state index in [4.69, 9.17) is 29.2 Å². The van der Waals surface area contributed by atoms with Gasteiger partial charge in [0.1, 0.15) is 0 Å². The minimum atomic E-state index is 0.300. The highest BCUT2D eigenvalue weighted by atomic mass is 35.5. The maximum atomic E-state index is 5.43. The van der Waals surface area contributed by atoms with Crippen molar-refractivity contribution in [1.82, 2.24) is 9.75 Å². The van der Waals surface area contributed by atoms with Crippen LogP contribution in [0.1, 0.15) is 0 Å². The van der Waals surface area contributed by atoms with Gasteiger partial charge in [0.25, 0.3) is 0 Å². The minimum absolute atomic E-state index is 0.300. The van der Waals surface area contributed by atoms with Gasteiger partial charge in [0.05, 0.1) is 0 Å². The lowest BCUT2D eigenvalue weighted by atomic mass is 10.6. The van der Waals surface area contributed by atoms with Crippen molar-refractivity contribution in [2.24, 2.45) is 10.9 Å². The molecule has 0 fully saturated rings. The first-order valence-electron chi connectivity index (χ1n) is 2.12. The van der Waals surface area contributed by atoms with Gasteiger partial charge in [-0.25, -0.2) is 5.84 Å². The second kappa shape index (κ2) is 2.43. The summed E-state index contributed by atoms with van der Waals surface area (Å²) in [5.74, 6) is 5.17. The van der Waals surface area contributed by atoms with Gasteiger partial charge in [-0.05, 0) is 6.08 Å². The Morgan fingerprint density at radius 1 is 1.67 bits per heavy atom. The molecule has 0 aromatic heterocycles. The average molecular weight is 167 g/mol. The van der Waals surface area contributed by atoms with Crippen LogP contribution in [0.25, 0.3) is 0 Å². The molecule has 0 amide bonds. The van der Waals surface area contributed by atoms with Crippen molar-refractivity contribution in [2.75, 3.05) is 0 Å². The summed E-state index contributed by atoms with van der Waals surface area (Å²) in [7, 11) is 0. The number of nitrogens with two attached hydrogens (primary N) is 1. The molecule has 0 unspecified atom stereocenters. The van der Waals surface area contributed by atoms with E-state index in [1.807, 2.05) is 0 Å². The summed E-state index contributed by atoms with van der Waals surface area (Å²) < 4.78 is 1.08. The molecule has 0 aliphatic carbocycles. The Labute approximate surface area is 62.2 Å². The van der Waals surface area contributed by atoms with E-state index in [1.165, 1.54) is 12.3 Å². The van der Waals surface area contributed by atoms with Gasteiger partial charge in [0.2, 0.25) is 0 Å². The first-order chi connectivity index (χ1) is 4.20. The Hall–Kier alpha value is -0.450. The third-order valence-electron chi connectivity index (χ3n) is 0.729. The summed E-state index contributed by atoms with van der Waals surface area (Å²) in [6.45, 7) is 0. The fourth-order valence-electron chi connectivity index (χ4n) is 0.365. The quantitative estimate of drug-likeness (QED) is 0.424. The first-order valence-corrected chi connectivity index (χ1v) is 2.84. The van der Waals surface area contributed by atoms with Crippen LogP contribution in [-0.4, -0.2) is 14.9 Å². The molecule has 1 aliphatic heterocycles. The van der Waals surface area contributed by atoms with Crippen LogP contribution < -0.4 is 5.84 Å². The number of hydrogen-bond donors (Lipinski definition) is 1. The molecule has 0 aromatic rings. The third-order valence-corrected chi connectivity index (χ3v) is 1.20. The molecule has 0 saturated heterocycles. The third kappa shape index (κ3) is 1.48. The molecular formula is C3H4Cl2N4. The van der Waals surface area contributed by atoms with Crippen molar-refractivity contribution in [3.8, 4) is 0 Å². The van der Waals surface area contributed by atoms with E-state index in [-0.39, 0.29) is 0 Å². The number of hydrazone groups is 1. The Morgan fingerprint density at radius 2 is 2.33 bits per heavy atom. The lowest BCUT2D eigenvalue weighted by Gasteiger charge is -2.21. The minimum Gasteiger partial charge on any atom is -0.209 e. The van der Waals surface area contributed by atoms with E-state index >= 15 is 0 Å². The molecule has 0 atom stereocenters. The van der Waals surface area contributed by atoms with Crippen molar-refractivity contribution in [3.63, 3.8) is 0 Å². The highest BCUT2D eigenvalue weighted by molar-refractivity contribution is 6.68. The smallest absolute Gasteiger partial charge is 0.154 e.